The fraction of sp³-hybridized carbons (Fsp3) is 0.526. The Morgan fingerprint density at radius 2 is 2.12 bits per heavy atom. The Bertz CT molecular complexity index is 671. The van der Waals surface area contributed by atoms with Crippen molar-refractivity contribution in [2.75, 3.05) is 6.54 Å². The van der Waals surface area contributed by atoms with Crippen molar-refractivity contribution in [1.29, 1.82) is 0 Å². The van der Waals surface area contributed by atoms with Crippen molar-refractivity contribution in [3.8, 4) is 5.75 Å². The minimum atomic E-state index is 0.264. The molecule has 1 saturated heterocycles. The summed E-state index contributed by atoms with van der Waals surface area (Å²) < 4.78 is 7.45. The maximum absolute atomic E-state index is 12.3. The first-order valence-corrected chi connectivity index (χ1v) is 9.09. The van der Waals surface area contributed by atoms with Crippen LogP contribution < -0.4 is 4.74 Å². The monoisotopic (exact) mass is 342 g/mol. The molecule has 1 aromatic carbocycles. The van der Waals surface area contributed by atoms with Crippen LogP contribution >= 0.6 is 0 Å². The van der Waals surface area contributed by atoms with Crippen molar-refractivity contribution >= 4 is 5.91 Å². The fourth-order valence-electron chi connectivity index (χ4n) is 3.19. The number of nitrogens with zero attached hydrogens (tertiary/aromatic N) is 4. The number of piperidine rings is 1. The van der Waals surface area contributed by atoms with Crippen LogP contribution in [0.25, 0.3) is 0 Å². The molecular formula is C19H26N4O2. The van der Waals surface area contributed by atoms with Gasteiger partial charge in [-0.05, 0) is 44.7 Å². The molecule has 134 valence electrons. The Labute approximate surface area is 148 Å². The number of aromatic nitrogens is 3. The highest BCUT2D eigenvalue weighted by Gasteiger charge is 2.22. The van der Waals surface area contributed by atoms with Crippen molar-refractivity contribution in [1.82, 2.24) is 19.9 Å². The Balaban J connectivity index is 1.40. The molecule has 25 heavy (non-hydrogen) atoms. The molecule has 1 aliphatic rings. The lowest BCUT2D eigenvalue weighted by Crippen LogP contribution is -2.41. The highest BCUT2D eigenvalue weighted by Crippen LogP contribution is 2.17. The number of amides is 1. The van der Waals surface area contributed by atoms with E-state index in [1.54, 1.807) is 4.68 Å². The zero-order chi connectivity index (χ0) is 17.5. The molecule has 0 radical (unpaired) electrons. The number of hydrogen-bond acceptors (Lipinski definition) is 4. The van der Waals surface area contributed by atoms with E-state index < -0.39 is 0 Å². The Hall–Kier alpha value is -2.37. The average Bonchev–Trinajstić information content (AvgIpc) is 3.09. The number of carbonyl (C=O) groups is 1. The van der Waals surface area contributed by atoms with Crippen LogP contribution in [0.3, 0.4) is 0 Å². The molecule has 1 fully saturated rings. The number of rotatable bonds is 7. The van der Waals surface area contributed by atoms with Gasteiger partial charge in [0.2, 0.25) is 5.91 Å². The summed E-state index contributed by atoms with van der Waals surface area (Å²) in [5, 5.41) is 8.24. The van der Waals surface area contributed by atoms with Crippen LogP contribution in [0.4, 0.5) is 0 Å². The molecule has 1 amide bonds. The number of hydrogen-bond donors (Lipinski definition) is 0. The van der Waals surface area contributed by atoms with Crippen LogP contribution in [0.1, 0.15) is 44.7 Å². The molecule has 2 heterocycles. The van der Waals surface area contributed by atoms with Crippen LogP contribution in [-0.4, -0.2) is 38.4 Å². The third-order valence-electron chi connectivity index (χ3n) is 4.62. The smallest absolute Gasteiger partial charge is 0.222 e. The first kappa shape index (κ1) is 17.5. The summed E-state index contributed by atoms with van der Waals surface area (Å²) in [6.07, 6.45) is 6.72. The highest BCUT2D eigenvalue weighted by atomic mass is 16.5. The minimum absolute atomic E-state index is 0.264. The van der Waals surface area contributed by atoms with Crippen molar-refractivity contribution in [3.05, 3.63) is 42.2 Å². The van der Waals surface area contributed by atoms with Gasteiger partial charge in [-0.25, -0.2) is 0 Å². The van der Waals surface area contributed by atoms with Gasteiger partial charge in [0, 0.05) is 25.6 Å². The number of benzene rings is 1. The lowest BCUT2D eigenvalue weighted by Gasteiger charge is -2.33. The van der Waals surface area contributed by atoms with Crippen LogP contribution in [0.2, 0.25) is 0 Å². The minimum Gasteiger partial charge on any atom is -0.487 e. The van der Waals surface area contributed by atoms with E-state index in [-0.39, 0.29) is 5.91 Å². The predicted molar refractivity (Wildman–Crippen MR) is 95.1 cm³/mol. The molecule has 1 atom stereocenters. The maximum atomic E-state index is 12.3. The second-order valence-corrected chi connectivity index (χ2v) is 6.61. The Kier molecular flexibility index (Phi) is 6.04. The summed E-state index contributed by atoms with van der Waals surface area (Å²) in [6, 6.07) is 10.0. The van der Waals surface area contributed by atoms with Gasteiger partial charge in [-0.3, -0.25) is 9.48 Å². The summed E-state index contributed by atoms with van der Waals surface area (Å²) in [5.41, 5.74) is 0.792. The molecule has 0 unspecified atom stereocenters. The van der Waals surface area contributed by atoms with Crippen molar-refractivity contribution in [2.24, 2.45) is 0 Å². The van der Waals surface area contributed by atoms with E-state index in [0.717, 1.165) is 37.3 Å². The fourth-order valence-corrected chi connectivity index (χ4v) is 3.19. The predicted octanol–water partition coefficient (Wildman–Crippen LogP) is 3.04. The zero-order valence-electron chi connectivity index (χ0n) is 14.8. The number of aryl methyl sites for hydroxylation is 1. The summed E-state index contributed by atoms with van der Waals surface area (Å²) in [5.74, 6) is 1.08. The first-order valence-electron chi connectivity index (χ1n) is 9.09. The lowest BCUT2D eigenvalue weighted by molar-refractivity contribution is -0.134. The van der Waals surface area contributed by atoms with Crippen LogP contribution in [-0.2, 0) is 17.9 Å². The third-order valence-corrected chi connectivity index (χ3v) is 4.62. The van der Waals surface area contributed by atoms with Crippen molar-refractivity contribution < 1.29 is 9.53 Å². The molecule has 0 N–H and O–H groups in total. The molecule has 3 rings (SSSR count). The molecule has 0 spiro atoms. The summed E-state index contributed by atoms with van der Waals surface area (Å²) in [7, 11) is 0. The van der Waals surface area contributed by atoms with E-state index in [2.05, 4.69) is 17.2 Å². The van der Waals surface area contributed by atoms with Gasteiger partial charge in [-0.15, -0.1) is 5.10 Å². The topological polar surface area (TPSA) is 60.2 Å². The van der Waals surface area contributed by atoms with Gasteiger partial charge >= 0.3 is 0 Å². The van der Waals surface area contributed by atoms with E-state index in [1.165, 1.54) is 6.42 Å². The average molecular weight is 342 g/mol. The molecule has 2 aromatic rings. The summed E-state index contributed by atoms with van der Waals surface area (Å²) in [6.45, 7) is 4.15. The van der Waals surface area contributed by atoms with Crippen molar-refractivity contribution in [3.63, 3.8) is 0 Å². The van der Waals surface area contributed by atoms with E-state index in [1.807, 2.05) is 41.4 Å². The zero-order valence-corrected chi connectivity index (χ0v) is 14.8. The van der Waals surface area contributed by atoms with Gasteiger partial charge in [0.05, 0.1) is 6.20 Å². The van der Waals surface area contributed by atoms with Gasteiger partial charge in [0.15, 0.2) is 0 Å². The number of para-hydroxylation sites is 1. The molecular weight excluding hydrogens is 316 g/mol. The SMILES string of the molecule is C[C@@H]1CCCCN1C(=O)CCCn1cc(COc2ccccc2)nn1. The van der Waals surface area contributed by atoms with Crippen LogP contribution in [0.15, 0.2) is 36.5 Å². The Morgan fingerprint density at radius 3 is 2.92 bits per heavy atom. The third kappa shape index (κ3) is 5.05. The molecule has 0 saturated carbocycles. The van der Waals surface area contributed by atoms with Gasteiger partial charge in [-0.2, -0.15) is 0 Å². The summed E-state index contributed by atoms with van der Waals surface area (Å²) >= 11 is 0. The van der Waals surface area contributed by atoms with Gasteiger partial charge in [0.25, 0.3) is 0 Å². The molecule has 6 heteroatoms. The first-order chi connectivity index (χ1) is 12.2. The normalized spacial score (nSPS) is 17.5. The molecule has 0 aliphatic carbocycles. The number of ether oxygens (including phenoxy) is 1. The maximum Gasteiger partial charge on any atom is 0.222 e. The van der Waals surface area contributed by atoms with Gasteiger partial charge in [-0.1, -0.05) is 23.4 Å². The van der Waals surface area contributed by atoms with Crippen LogP contribution in [0.5, 0.6) is 5.75 Å². The Morgan fingerprint density at radius 1 is 1.28 bits per heavy atom. The molecule has 0 bridgehead atoms. The van der Waals surface area contributed by atoms with E-state index in [4.69, 9.17) is 4.74 Å². The molecule has 1 aromatic heterocycles. The quantitative estimate of drug-likeness (QED) is 0.776. The lowest BCUT2D eigenvalue weighted by atomic mass is 10.0. The number of likely N-dealkylation sites (tertiary alicyclic amines) is 1. The van der Waals surface area contributed by atoms with Crippen LogP contribution in [0, 0.1) is 0 Å². The second-order valence-electron chi connectivity index (χ2n) is 6.61. The van der Waals surface area contributed by atoms with E-state index >= 15 is 0 Å². The largest absolute Gasteiger partial charge is 0.487 e. The molecule has 1 aliphatic heterocycles. The van der Waals surface area contributed by atoms with Gasteiger partial charge in [0.1, 0.15) is 18.1 Å². The number of carbonyl (C=O) groups excluding carboxylic acids is 1. The summed E-state index contributed by atoms with van der Waals surface area (Å²) in [4.78, 5) is 14.4. The second kappa shape index (κ2) is 8.65. The van der Waals surface area contributed by atoms with E-state index in [9.17, 15) is 4.79 Å². The van der Waals surface area contributed by atoms with E-state index in [0.29, 0.717) is 25.6 Å². The molecule has 6 nitrogen and oxygen atoms in total. The van der Waals surface area contributed by atoms with Gasteiger partial charge < -0.3 is 9.64 Å². The van der Waals surface area contributed by atoms with Crippen molar-refractivity contribution in [2.45, 2.75) is 58.2 Å². The standard InChI is InChI=1S/C19H26N4O2/c1-16-8-5-6-13-23(16)19(24)11-7-12-22-14-17(20-21-22)15-25-18-9-3-2-4-10-18/h2-4,9-10,14,16H,5-8,11-13,15H2,1H3/t16-/m1/s1. The highest BCUT2D eigenvalue weighted by molar-refractivity contribution is 5.76.